The summed E-state index contributed by atoms with van der Waals surface area (Å²) in [6, 6.07) is 7.36. The Bertz CT molecular complexity index is 963. The molecule has 0 aliphatic heterocycles. The van der Waals surface area contributed by atoms with E-state index in [0.29, 0.717) is 0 Å². The van der Waals surface area contributed by atoms with Gasteiger partial charge in [0.15, 0.2) is 0 Å². The Kier molecular flexibility index (Phi) is 9.20. The molecule has 0 fully saturated rings. The van der Waals surface area contributed by atoms with Gasteiger partial charge in [-0.3, -0.25) is 0 Å². The highest BCUT2D eigenvalue weighted by atomic mass is 16.5. The van der Waals surface area contributed by atoms with Gasteiger partial charge >= 0.3 is 23.9 Å². The molecule has 2 rings (SSSR count). The molecule has 0 unspecified atom stereocenters. The number of carbonyl (C=O) groups excluding carboxylic acids is 4. The second-order valence-electron chi connectivity index (χ2n) is 6.90. The van der Waals surface area contributed by atoms with E-state index in [1.54, 1.807) is 27.7 Å². The van der Waals surface area contributed by atoms with Crippen LogP contribution in [0.4, 0.5) is 0 Å². The lowest BCUT2D eigenvalue weighted by atomic mass is 10.1. The van der Waals surface area contributed by atoms with Gasteiger partial charge in [-0.25, -0.2) is 19.2 Å². The van der Waals surface area contributed by atoms with Gasteiger partial charge in [0.2, 0.25) is 0 Å². The van der Waals surface area contributed by atoms with Gasteiger partial charge in [0, 0.05) is 6.54 Å². The summed E-state index contributed by atoms with van der Waals surface area (Å²) in [5.74, 6) is -3.66. The van der Waals surface area contributed by atoms with E-state index >= 15 is 0 Å². The van der Waals surface area contributed by atoms with Crippen molar-refractivity contribution in [1.82, 2.24) is 4.57 Å². The summed E-state index contributed by atoms with van der Waals surface area (Å²) < 4.78 is 21.8. The quantitative estimate of drug-likeness (QED) is 0.392. The summed E-state index contributed by atoms with van der Waals surface area (Å²) in [6.07, 6.45) is 0. The van der Waals surface area contributed by atoms with Crippen LogP contribution in [0.25, 0.3) is 0 Å². The summed E-state index contributed by atoms with van der Waals surface area (Å²) in [5.41, 5.74) is 0.413. The highest BCUT2D eigenvalue weighted by Crippen LogP contribution is 2.29. The Morgan fingerprint density at radius 3 is 1.36 bits per heavy atom. The third-order valence-corrected chi connectivity index (χ3v) is 4.62. The van der Waals surface area contributed by atoms with Gasteiger partial charge in [-0.15, -0.1) is 0 Å². The van der Waals surface area contributed by atoms with Crippen LogP contribution in [0.1, 0.15) is 80.5 Å². The number of ether oxygens (including phenoxy) is 4. The van der Waals surface area contributed by atoms with Crippen molar-refractivity contribution >= 4 is 23.9 Å². The topological polar surface area (TPSA) is 110 Å². The first-order valence-electron chi connectivity index (χ1n) is 10.8. The Hall–Kier alpha value is -3.62. The van der Waals surface area contributed by atoms with Crippen LogP contribution in [-0.4, -0.2) is 54.9 Å². The SMILES string of the molecule is CCOC(=O)c1c(C(=O)OCC)c(C(=O)OCC)n(Cc2ccc(C)cc2)c1C(=O)OCC. The van der Waals surface area contributed by atoms with Gasteiger partial charge in [-0.1, -0.05) is 29.8 Å². The smallest absolute Gasteiger partial charge is 0.355 e. The molecule has 178 valence electrons. The molecule has 9 nitrogen and oxygen atoms in total. The zero-order valence-electron chi connectivity index (χ0n) is 19.6. The van der Waals surface area contributed by atoms with Crippen LogP contribution in [0, 0.1) is 6.92 Å². The van der Waals surface area contributed by atoms with Crippen molar-refractivity contribution in [2.45, 2.75) is 41.2 Å². The van der Waals surface area contributed by atoms with E-state index in [1.807, 2.05) is 31.2 Å². The van der Waals surface area contributed by atoms with Gasteiger partial charge in [0.05, 0.1) is 26.4 Å². The highest BCUT2D eigenvalue weighted by molar-refractivity contribution is 6.15. The second kappa shape index (κ2) is 11.8. The lowest BCUT2D eigenvalue weighted by Crippen LogP contribution is -2.20. The Morgan fingerprint density at radius 1 is 0.636 bits per heavy atom. The average Bonchev–Trinajstić information content (AvgIpc) is 3.11. The molecule has 0 spiro atoms. The van der Waals surface area contributed by atoms with Crippen LogP contribution in [0.15, 0.2) is 24.3 Å². The molecule has 0 saturated carbocycles. The van der Waals surface area contributed by atoms with Crippen molar-refractivity contribution in [2.75, 3.05) is 26.4 Å². The molecule has 1 aromatic heterocycles. The van der Waals surface area contributed by atoms with Crippen LogP contribution in [0.5, 0.6) is 0 Å². The van der Waals surface area contributed by atoms with Crippen molar-refractivity contribution in [3.8, 4) is 0 Å². The normalized spacial score (nSPS) is 10.5. The predicted octanol–water partition coefficient (Wildman–Crippen LogP) is 3.55. The number of aromatic nitrogens is 1. The fourth-order valence-corrected chi connectivity index (χ4v) is 3.28. The minimum absolute atomic E-state index is 0.00557. The van der Waals surface area contributed by atoms with Gasteiger partial charge in [0.1, 0.15) is 22.5 Å². The Morgan fingerprint density at radius 2 is 1.00 bits per heavy atom. The van der Waals surface area contributed by atoms with Crippen molar-refractivity contribution in [1.29, 1.82) is 0 Å². The van der Waals surface area contributed by atoms with Gasteiger partial charge < -0.3 is 23.5 Å². The number of hydrogen-bond donors (Lipinski definition) is 0. The van der Waals surface area contributed by atoms with E-state index in [0.717, 1.165) is 11.1 Å². The minimum atomic E-state index is -0.947. The lowest BCUT2D eigenvalue weighted by molar-refractivity contribution is 0.0453. The third-order valence-electron chi connectivity index (χ3n) is 4.62. The van der Waals surface area contributed by atoms with Crippen molar-refractivity contribution < 1.29 is 38.1 Å². The summed E-state index contributed by atoms with van der Waals surface area (Å²) >= 11 is 0. The van der Waals surface area contributed by atoms with Crippen LogP contribution >= 0.6 is 0 Å². The second-order valence-corrected chi connectivity index (χ2v) is 6.90. The minimum Gasteiger partial charge on any atom is -0.462 e. The molecule has 0 aliphatic carbocycles. The molecular weight excluding hydrogens is 430 g/mol. The molecule has 1 aromatic carbocycles. The summed E-state index contributed by atoms with van der Waals surface area (Å²) in [7, 11) is 0. The number of esters is 4. The summed E-state index contributed by atoms with van der Waals surface area (Å²) in [6.45, 7) is 8.30. The van der Waals surface area contributed by atoms with Crippen LogP contribution < -0.4 is 0 Å². The van der Waals surface area contributed by atoms with Gasteiger partial charge in [-0.05, 0) is 40.2 Å². The third kappa shape index (κ3) is 5.79. The van der Waals surface area contributed by atoms with Crippen LogP contribution in [0.2, 0.25) is 0 Å². The zero-order valence-corrected chi connectivity index (χ0v) is 19.6. The maximum Gasteiger partial charge on any atom is 0.355 e. The number of benzene rings is 1. The van der Waals surface area contributed by atoms with Crippen molar-refractivity contribution in [2.24, 2.45) is 0 Å². The highest BCUT2D eigenvalue weighted by Gasteiger charge is 2.39. The Balaban J connectivity index is 2.93. The number of aryl methyl sites for hydroxylation is 1. The molecule has 1 heterocycles. The van der Waals surface area contributed by atoms with Crippen molar-refractivity contribution in [3.05, 3.63) is 57.9 Å². The lowest BCUT2D eigenvalue weighted by Gasteiger charge is -2.13. The molecule has 0 bridgehead atoms. The van der Waals surface area contributed by atoms with E-state index in [2.05, 4.69) is 0 Å². The van der Waals surface area contributed by atoms with E-state index in [4.69, 9.17) is 18.9 Å². The van der Waals surface area contributed by atoms with Crippen LogP contribution in [0.3, 0.4) is 0 Å². The maximum atomic E-state index is 13.0. The molecule has 33 heavy (non-hydrogen) atoms. The van der Waals surface area contributed by atoms with Gasteiger partial charge in [0.25, 0.3) is 0 Å². The first-order chi connectivity index (χ1) is 15.8. The number of hydrogen-bond acceptors (Lipinski definition) is 8. The first kappa shape index (κ1) is 25.6. The van der Waals surface area contributed by atoms with Crippen LogP contribution in [-0.2, 0) is 25.5 Å². The molecular formula is C24H29NO8. The maximum absolute atomic E-state index is 13.0. The number of nitrogens with zero attached hydrogens (tertiary/aromatic N) is 1. The summed E-state index contributed by atoms with van der Waals surface area (Å²) in [4.78, 5) is 51.9. The molecule has 9 heteroatoms. The molecule has 0 atom stereocenters. The standard InChI is InChI=1S/C24H29NO8/c1-6-30-21(26)17-18(22(27)31-7-2)20(24(29)33-9-4)25(19(17)23(28)32-8-3)14-16-12-10-15(5)11-13-16/h10-13H,6-9,14H2,1-5H3. The number of rotatable bonds is 10. The molecule has 0 amide bonds. The zero-order chi connectivity index (χ0) is 24.5. The van der Waals surface area contributed by atoms with E-state index in [1.165, 1.54) is 4.57 Å². The van der Waals surface area contributed by atoms with E-state index in [-0.39, 0.29) is 55.5 Å². The van der Waals surface area contributed by atoms with Crippen molar-refractivity contribution in [3.63, 3.8) is 0 Å². The first-order valence-corrected chi connectivity index (χ1v) is 10.8. The Labute approximate surface area is 192 Å². The fourth-order valence-electron chi connectivity index (χ4n) is 3.28. The molecule has 0 aliphatic rings. The van der Waals surface area contributed by atoms with E-state index in [9.17, 15) is 19.2 Å². The number of carbonyl (C=O) groups is 4. The molecule has 0 radical (unpaired) electrons. The monoisotopic (exact) mass is 459 g/mol. The molecule has 2 aromatic rings. The average molecular weight is 459 g/mol. The predicted molar refractivity (Wildman–Crippen MR) is 119 cm³/mol. The van der Waals surface area contributed by atoms with Gasteiger partial charge in [-0.2, -0.15) is 0 Å². The summed E-state index contributed by atoms with van der Waals surface area (Å²) in [5, 5.41) is 0. The fraction of sp³-hybridized carbons (Fsp3) is 0.417. The molecule has 0 N–H and O–H groups in total. The molecule has 0 saturated heterocycles. The van der Waals surface area contributed by atoms with E-state index < -0.39 is 23.9 Å². The largest absolute Gasteiger partial charge is 0.462 e.